The molecule has 5 nitrogen and oxygen atoms in total. The highest BCUT2D eigenvalue weighted by Gasteiger charge is 2.27. The number of likely N-dealkylation sites (tertiary alicyclic amines) is 1. The van der Waals surface area contributed by atoms with E-state index >= 15 is 0 Å². The number of nitrogens with zero attached hydrogens (tertiary/aromatic N) is 4. The quantitative estimate of drug-likeness (QED) is 0.811. The fourth-order valence-corrected chi connectivity index (χ4v) is 3.16. The summed E-state index contributed by atoms with van der Waals surface area (Å²) in [7, 11) is 0. The first-order valence-corrected chi connectivity index (χ1v) is 7.73. The lowest BCUT2D eigenvalue weighted by atomic mass is 10.3. The number of hydrogen-bond donors (Lipinski definition) is 0. The third-order valence-electron chi connectivity index (χ3n) is 3.51. The number of benzene rings is 1. The predicted octanol–water partition coefficient (Wildman–Crippen LogP) is 1.98. The zero-order chi connectivity index (χ0) is 14.7. The lowest BCUT2D eigenvalue weighted by molar-refractivity contribution is -0.127. The number of rotatable bonds is 4. The van der Waals surface area contributed by atoms with E-state index < -0.39 is 0 Å². The van der Waals surface area contributed by atoms with Crippen LogP contribution in [0.3, 0.4) is 0 Å². The lowest BCUT2D eigenvalue weighted by Gasteiger charge is -2.16. The predicted molar refractivity (Wildman–Crippen MR) is 77.4 cm³/mol. The minimum absolute atomic E-state index is 0.104. The van der Waals surface area contributed by atoms with Crippen molar-refractivity contribution in [2.24, 2.45) is 0 Å². The van der Waals surface area contributed by atoms with E-state index in [1.165, 1.54) is 23.9 Å². The van der Waals surface area contributed by atoms with Crippen molar-refractivity contribution in [3.63, 3.8) is 0 Å². The van der Waals surface area contributed by atoms with E-state index in [2.05, 4.69) is 10.3 Å². The van der Waals surface area contributed by atoms with Crippen molar-refractivity contribution in [3.8, 4) is 0 Å². The Balaban J connectivity index is 1.51. The van der Waals surface area contributed by atoms with Crippen LogP contribution in [0, 0.1) is 5.82 Å². The Hall–Kier alpha value is -1.89. The maximum absolute atomic E-state index is 12.8. The second-order valence-electron chi connectivity index (χ2n) is 4.91. The maximum Gasteiger partial charge on any atom is 0.233 e. The van der Waals surface area contributed by atoms with Crippen molar-refractivity contribution < 1.29 is 9.18 Å². The molecule has 21 heavy (non-hydrogen) atoms. The average Bonchev–Trinajstić information content (AvgIpc) is 3.17. The first-order valence-electron chi connectivity index (χ1n) is 6.74. The molecule has 7 heteroatoms. The van der Waals surface area contributed by atoms with E-state index in [1.54, 1.807) is 23.0 Å². The number of carbonyl (C=O) groups excluding carboxylic acids is 1. The Morgan fingerprint density at radius 2 is 2.19 bits per heavy atom. The zero-order valence-corrected chi connectivity index (χ0v) is 12.2. The summed E-state index contributed by atoms with van der Waals surface area (Å²) in [5.74, 6) is 0.211. The van der Waals surface area contributed by atoms with Gasteiger partial charge in [-0.3, -0.25) is 4.79 Å². The van der Waals surface area contributed by atoms with Gasteiger partial charge in [-0.15, -0.1) is 16.9 Å². The Morgan fingerprint density at radius 1 is 1.38 bits per heavy atom. The summed E-state index contributed by atoms with van der Waals surface area (Å²) < 4.78 is 14.6. The molecule has 1 aromatic carbocycles. The second kappa shape index (κ2) is 6.26. The summed E-state index contributed by atoms with van der Waals surface area (Å²) in [5, 5.41) is 7.78. The number of amides is 1. The van der Waals surface area contributed by atoms with Gasteiger partial charge in [-0.25, -0.2) is 9.07 Å². The molecule has 0 spiro atoms. The fourth-order valence-electron chi connectivity index (χ4n) is 2.36. The largest absolute Gasteiger partial charge is 0.340 e. The molecule has 2 aromatic rings. The van der Waals surface area contributed by atoms with Gasteiger partial charge in [0, 0.05) is 24.2 Å². The molecule has 0 N–H and O–H groups in total. The normalized spacial score (nSPS) is 18.1. The van der Waals surface area contributed by atoms with Crippen molar-refractivity contribution in [1.29, 1.82) is 0 Å². The molecule has 3 rings (SSSR count). The molecular formula is C14H15FN4OS. The highest BCUT2D eigenvalue weighted by Crippen LogP contribution is 2.23. The minimum atomic E-state index is -0.263. The van der Waals surface area contributed by atoms with E-state index in [1.807, 2.05) is 11.1 Å². The van der Waals surface area contributed by atoms with Crippen molar-refractivity contribution in [2.45, 2.75) is 17.4 Å². The summed E-state index contributed by atoms with van der Waals surface area (Å²) in [5.41, 5.74) is 0. The molecule has 1 aliphatic rings. The molecule has 0 bridgehead atoms. The van der Waals surface area contributed by atoms with E-state index in [0.29, 0.717) is 12.3 Å². The van der Waals surface area contributed by atoms with E-state index in [-0.39, 0.29) is 17.8 Å². The minimum Gasteiger partial charge on any atom is -0.340 e. The van der Waals surface area contributed by atoms with Gasteiger partial charge in [-0.2, -0.15) is 0 Å². The molecule has 1 atom stereocenters. The van der Waals surface area contributed by atoms with Gasteiger partial charge in [0.25, 0.3) is 0 Å². The van der Waals surface area contributed by atoms with Crippen LogP contribution in [0.5, 0.6) is 0 Å². The van der Waals surface area contributed by atoms with Crippen molar-refractivity contribution in [3.05, 3.63) is 42.5 Å². The Labute approximate surface area is 126 Å². The summed E-state index contributed by atoms with van der Waals surface area (Å²) in [6.07, 6.45) is 4.37. The Bertz CT molecular complexity index is 602. The summed E-state index contributed by atoms with van der Waals surface area (Å²) in [6, 6.07) is 6.41. The first-order chi connectivity index (χ1) is 10.2. The van der Waals surface area contributed by atoms with Gasteiger partial charge < -0.3 is 4.90 Å². The van der Waals surface area contributed by atoms with Crippen LogP contribution in [-0.2, 0) is 4.79 Å². The topological polar surface area (TPSA) is 51.0 Å². The molecule has 2 heterocycles. The zero-order valence-electron chi connectivity index (χ0n) is 11.4. The summed E-state index contributed by atoms with van der Waals surface area (Å²) >= 11 is 1.43. The molecule has 1 fully saturated rings. The molecule has 0 radical (unpaired) electrons. The Kier molecular flexibility index (Phi) is 4.19. The second-order valence-corrected chi connectivity index (χ2v) is 5.96. The van der Waals surface area contributed by atoms with Crippen LogP contribution in [0.25, 0.3) is 0 Å². The number of halogens is 1. The number of hydrogen-bond acceptors (Lipinski definition) is 4. The lowest BCUT2D eigenvalue weighted by Crippen LogP contribution is -2.30. The molecule has 1 unspecified atom stereocenters. The van der Waals surface area contributed by atoms with Crippen molar-refractivity contribution in [2.75, 3.05) is 18.8 Å². The van der Waals surface area contributed by atoms with Crippen LogP contribution in [0.2, 0.25) is 0 Å². The first kappa shape index (κ1) is 14.1. The molecular weight excluding hydrogens is 291 g/mol. The van der Waals surface area contributed by atoms with Crippen LogP contribution in [-0.4, -0.2) is 44.6 Å². The third-order valence-corrected chi connectivity index (χ3v) is 4.50. The van der Waals surface area contributed by atoms with Crippen molar-refractivity contribution in [1.82, 2.24) is 19.9 Å². The van der Waals surface area contributed by atoms with E-state index in [9.17, 15) is 9.18 Å². The highest BCUT2D eigenvalue weighted by molar-refractivity contribution is 8.00. The molecule has 1 saturated heterocycles. The van der Waals surface area contributed by atoms with Crippen LogP contribution >= 0.6 is 11.8 Å². The van der Waals surface area contributed by atoms with Crippen LogP contribution in [0.15, 0.2) is 41.6 Å². The molecule has 110 valence electrons. The number of thioether (sulfide) groups is 1. The number of carbonyl (C=O) groups is 1. The highest BCUT2D eigenvalue weighted by atomic mass is 32.2. The van der Waals surface area contributed by atoms with Gasteiger partial charge in [0.1, 0.15) is 5.82 Å². The molecule has 0 saturated carbocycles. The summed E-state index contributed by atoms with van der Waals surface area (Å²) in [4.78, 5) is 14.9. The van der Waals surface area contributed by atoms with Gasteiger partial charge >= 0.3 is 0 Å². The van der Waals surface area contributed by atoms with E-state index in [4.69, 9.17) is 0 Å². The van der Waals surface area contributed by atoms with Crippen LogP contribution < -0.4 is 0 Å². The summed E-state index contributed by atoms with van der Waals surface area (Å²) in [6.45, 7) is 1.42. The molecule has 1 aromatic heterocycles. The third kappa shape index (κ3) is 3.41. The Morgan fingerprint density at radius 3 is 2.90 bits per heavy atom. The van der Waals surface area contributed by atoms with Gasteiger partial charge in [0.15, 0.2) is 0 Å². The average molecular weight is 306 g/mol. The van der Waals surface area contributed by atoms with Crippen LogP contribution in [0.1, 0.15) is 12.5 Å². The molecule has 0 aliphatic carbocycles. The fraction of sp³-hybridized carbons (Fsp3) is 0.357. The molecule has 1 aliphatic heterocycles. The van der Waals surface area contributed by atoms with Crippen LogP contribution in [0.4, 0.5) is 4.39 Å². The SMILES string of the molecule is O=C(CSc1ccc(F)cc1)N1CCC(n2ccnn2)C1. The van der Waals surface area contributed by atoms with Crippen molar-refractivity contribution >= 4 is 17.7 Å². The monoisotopic (exact) mass is 306 g/mol. The smallest absolute Gasteiger partial charge is 0.233 e. The molecule has 1 amide bonds. The van der Waals surface area contributed by atoms with E-state index in [0.717, 1.165) is 17.9 Å². The number of aromatic nitrogens is 3. The van der Waals surface area contributed by atoms with Gasteiger partial charge in [-0.1, -0.05) is 5.21 Å². The standard InChI is InChI=1S/C14H15FN4OS/c15-11-1-3-13(4-2-11)21-10-14(20)18-7-5-12(9-18)19-8-6-16-17-19/h1-4,6,8,12H,5,7,9-10H2. The van der Waals surface area contributed by atoms with Gasteiger partial charge in [0.2, 0.25) is 5.91 Å². The maximum atomic E-state index is 12.8. The van der Waals surface area contributed by atoms with Gasteiger partial charge in [0.05, 0.1) is 18.0 Å². The van der Waals surface area contributed by atoms with Gasteiger partial charge in [-0.05, 0) is 30.7 Å².